The van der Waals surface area contributed by atoms with Gasteiger partial charge in [-0.05, 0) is 43.9 Å². The highest BCUT2D eigenvalue weighted by Gasteiger charge is 2.26. The highest BCUT2D eigenvalue weighted by molar-refractivity contribution is 8.13. The van der Waals surface area contributed by atoms with E-state index >= 15 is 0 Å². The number of hydrogen-bond donors (Lipinski definition) is 0. The lowest BCUT2D eigenvalue weighted by Crippen LogP contribution is -2.45. The van der Waals surface area contributed by atoms with Gasteiger partial charge in [0.15, 0.2) is 5.17 Å². The molecular weight excluding hydrogens is 434 g/mol. The van der Waals surface area contributed by atoms with Gasteiger partial charge in [0.25, 0.3) is 0 Å². The molecule has 0 unspecified atom stereocenters. The number of rotatable bonds is 9. The first-order valence-electron chi connectivity index (χ1n) is 11.8. The molecule has 178 valence electrons. The first kappa shape index (κ1) is 23.8. The molecule has 7 heteroatoms. The van der Waals surface area contributed by atoms with Gasteiger partial charge in [0.1, 0.15) is 17.2 Å². The van der Waals surface area contributed by atoms with Crippen LogP contribution in [0.2, 0.25) is 0 Å². The summed E-state index contributed by atoms with van der Waals surface area (Å²) in [5.74, 6) is 3.31. The number of amidine groups is 1. The molecule has 2 aromatic rings. The number of para-hydroxylation sites is 1. The maximum atomic E-state index is 5.92. The van der Waals surface area contributed by atoms with Crippen LogP contribution in [0.4, 0.5) is 5.69 Å². The zero-order valence-electron chi connectivity index (χ0n) is 20.0. The van der Waals surface area contributed by atoms with E-state index in [1.54, 1.807) is 14.2 Å². The standard InChI is InChI=1S/C26H35N3O3S/c1-28(26-27-25-9-5-4-8-20(25)19-33-26)21-10-13-29(14-11-21)12-6-7-15-32-24-17-22(30-2)16-23(18-24)31-3/h4-5,8-9,16-18,21H,6-7,10-15,19H2,1-3H3. The van der Waals surface area contributed by atoms with Crippen molar-refractivity contribution < 1.29 is 14.2 Å². The molecule has 0 N–H and O–H groups in total. The van der Waals surface area contributed by atoms with Gasteiger partial charge in [-0.25, -0.2) is 4.99 Å². The van der Waals surface area contributed by atoms with E-state index in [4.69, 9.17) is 19.2 Å². The van der Waals surface area contributed by atoms with Crippen LogP contribution in [0.3, 0.4) is 0 Å². The number of hydrogen-bond acceptors (Lipinski definition) is 7. The van der Waals surface area contributed by atoms with Crippen LogP contribution in [-0.4, -0.2) is 68.5 Å². The molecule has 0 saturated carbocycles. The molecular formula is C26H35N3O3S. The van der Waals surface area contributed by atoms with E-state index in [1.807, 2.05) is 30.0 Å². The summed E-state index contributed by atoms with van der Waals surface area (Å²) in [6.07, 6.45) is 4.56. The Morgan fingerprint density at radius 3 is 2.42 bits per heavy atom. The highest BCUT2D eigenvalue weighted by Crippen LogP contribution is 2.33. The Morgan fingerprint density at radius 2 is 1.70 bits per heavy atom. The van der Waals surface area contributed by atoms with Gasteiger partial charge in [0.2, 0.25) is 0 Å². The molecule has 0 amide bonds. The van der Waals surface area contributed by atoms with Crippen molar-refractivity contribution in [3.63, 3.8) is 0 Å². The van der Waals surface area contributed by atoms with Crippen LogP contribution in [-0.2, 0) is 5.75 Å². The second-order valence-corrected chi connectivity index (χ2v) is 9.54. The van der Waals surface area contributed by atoms with Crippen molar-refractivity contribution in [2.45, 2.75) is 37.5 Å². The minimum Gasteiger partial charge on any atom is -0.496 e. The van der Waals surface area contributed by atoms with Crippen molar-refractivity contribution in [3.8, 4) is 17.2 Å². The van der Waals surface area contributed by atoms with Crippen LogP contribution in [0.25, 0.3) is 0 Å². The molecule has 33 heavy (non-hydrogen) atoms. The van der Waals surface area contributed by atoms with Gasteiger partial charge in [-0.2, -0.15) is 0 Å². The Labute approximate surface area is 201 Å². The molecule has 1 fully saturated rings. The number of benzene rings is 2. The molecule has 2 heterocycles. The van der Waals surface area contributed by atoms with Crippen molar-refractivity contribution >= 4 is 22.6 Å². The van der Waals surface area contributed by atoms with Crippen molar-refractivity contribution in [2.24, 2.45) is 4.99 Å². The van der Waals surface area contributed by atoms with Crippen molar-refractivity contribution in [2.75, 3.05) is 47.5 Å². The third-order valence-corrected chi connectivity index (χ3v) is 7.53. The topological polar surface area (TPSA) is 46.5 Å². The van der Waals surface area contributed by atoms with E-state index in [9.17, 15) is 0 Å². The summed E-state index contributed by atoms with van der Waals surface area (Å²) >= 11 is 1.86. The van der Waals surface area contributed by atoms with E-state index in [0.717, 1.165) is 61.2 Å². The molecule has 0 aliphatic carbocycles. The van der Waals surface area contributed by atoms with Gasteiger partial charge in [-0.1, -0.05) is 30.0 Å². The van der Waals surface area contributed by atoms with Crippen LogP contribution in [0.15, 0.2) is 47.5 Å². The summed E-state index contributed by atoms with van der Waals surface area (Å²) in [4.78, 5) is 9.92. The minimum atomic E-state index is 0.573. The second kappa shape index (κ2) is 11.7. The van der Waals surface area contributed by atoms with E-state index in [2.05, 4.69) is 41.1 Å². The van der Waals surface area contributed by atoms with Crippen LogP contribution in [0, 0.1) is 0 Å². The average Bonchev–Trinajstić information content (AvgIpc) is 2.87. The van der Waals surface area contributed by atoms with E-state index in [-0.39, 0.29) is 0 Å². The normalized spacial score (nSPS) is 16.6. The highest BCUT2D eigenvalue weighted by atomic mass is 32.2. The summed E-state index contributed by atoms with van der Waals surface area (Å²) in [5.41, 5.74) is 2.47. The molecule has 2 aliphatic heterocycles. The van der Waals surface area contributed by atoms with Gasteiger partial charge in [-0.3, -0.25) is 0 Å². The summed E-state index contributed by atoms with van der Waals surface area (Å²) < 4.78 is 16.5. The summed E-state index contributed by atoms with van der Waals surface area (Å²) in [6, 6.07) is 14.7. The summed E-state index contributed by atoms with van der Waals surface area (Å²) in [7, 11) is 5.52. The Kier molecular flexibility index (Phi) is 8.40. The van der Waals surface area contributed by atoms with Gasteiger partial charge in [0.05, 0.1) is 26.5 Å². The third kappa shape index (κ3) is 6.36. The molecule has 0 spiro atoms. The zero-order chi connectivity index (χ0) is 23.0. The lowest BCUT2D eigenvalue weighted by Gasteiger charge is -2.38. The predicted octanol–water partition coefficient (Wildman–Crippen LogP) is 5.19. The number of fused-ring (bicyclic) bond motifs is 1. The Morgan fingerprint density at radius 1 is 1.00 bits per heavy atom. The van der Waals surface area contributed by atoms with Crippen molar-refractivity contribution in [1.82, 2.24) is 9.80 Å². The van der Waals surface area contributed by atoms with Gasteiger partial charge in [0, 0.05) is 50.1 Å². The Hall–Kier alpha value is -2.38. The number of aliphatic imine (C=N–C) groups is 1. The molecule has 4 rings (SSSR count). The number of nitrogens with zero attached hydrogens (tertiary/aromatic N) is 3. The number of likely N-dealkylation sites (tertiary alicyclic amines) is 1. The average molecular weight is 470 g/mol. The van der Waals surface area contributed by atoms with Gasteiger partial charge >= 0.3 is 0 Å². The van der Waals surface area contributed by atoms with Gasteiger partial charge < -0.3 is 24.0 Å². The smallest absolute Gasteiger partial charge is 0.164 e. The fourth-order valence-corrected chi connectivity index (χ4v) is 5.42. The Bertz CT molecular complexity index is 922. The number of ether oxygens (including phenoxy) is 3. The second-order valence-electron chi connectivity index (χ2n) is 8.60. The largest absolute Gasteiger partial charge is 0.496 e. The molecule has 0 aromatic heterocycles. The zero-order valence-corrected chi connectivity index (χ0v) is 20.8. The maximum Gasteiger partial charge on any atom is 0.164 e. The SMILES string of the molecule is COc1cc(OC)cc(OCCCCN2CCC(N(C)C3=Nc4ccccc4CS3)CC2)c1. The van der Waals surface area contributed by atoms with E-state index < -0.39 is 0 Å². The minimum absolute atomic E-state index is 0.573. The first-order chi connectivity index (χ1) is 16.2. The fourth-order valence-electron chi connectivity index (χ4n) is 4.38. The van der Waals surface area contributed by atoms with Crippen LogP contribution >= 0.6 is 11.8 Å². The van der Waals surface area contributed by atoms with Gasteiger partial charge in [-0.15, -0.1) is 0 Å². The quantitative estimate of drug-likeness (QED) is 0.471. The number of piperidine rings is 1. The summed E-state index contributed by atoms with van der Waals surface area (Å²) in [6.45, 7) is 4.13. The molecule has 0 atom stereocenters. The fraction of sp³-hybridized carbons (Fsp3) is 0.500. The maximum absolute atomic E-state index is 5.92. The molecule has 0 bridgehead atoms. The first-order valence-corrected chi connectivity index (χ1v) is 12.8. The van der Waals surface area contributed by atoms with Crippen molar-refractivity contribution in [1.29, 1.82) is 0 Å². The number of unbranched alkanes of at least 4 members (excludes halogenated alkanes) is 1. The van der Waals surface area contributed by atoms with E-state index in [1.165, 1.54) is 23.6 Å². The van der Waals surface area contributed by atoms with Crippen LogP contribution in [0.5, 0.6) is 17.2 Å². The summed E-state index contributed by atoms with van der Waals surface area (Å²) in [5, 5.41) is 1.17. The molecule has 6 nitrogen and oxygen atoms in total. The lowest BCUT2D eigenvalue weighted by atomic mass is 10.0. The molecule has 2 aromatic carbocycles. The van der Waals surface area contributed by atoms with Crippen molar-refractivity contribution in [3.05, 3.63) is 48.0 Å². The lowest BCUT2D eigenvalue weighted by molar-refractivity contribution is 0.162. The monoisotopic (exact) mass is 469 g/mol. The molecule has 0 radical (unpaired) electrons. The number of thioether (sulfide) groups is 1. The number of methoxy groups -OCH3 is 2. The third-order valence-electron chi connectivity index (χ3n) is 6.43. The predicted molar refractivity (Wildman–Crippen MR) is 136 cm³/mol. The molecule has 2 aliphatic rings. The van der Waals surface area contributed by atoms with Crippen LogP contribution in [0.1, 0.15) is 31.2 Å². The van der Waals surface area contributed by atoms with Crippen LogP contribution < -0.4 is 14.2 Å². The Balaban J connectivity index is 1.16. The molecule has 1 saturated heterocycles. The van der Waals surface area contributed by atoms with E-state index in [0.29, 0.717) is 12.6 Å².